The Kier molecular flexibility index (Phi) is 5.76. The van der Waals surface area contributed by atoms with Gasteiger partial charge in [0.15, 0.2) is 0 Å². The molecule has 1 aliphatic heterocycles. The normalized spacial score (nSPS) is 15.0. The summed E-state index contributed by atoms with van der Waals surface area (Å²) in [6.07, 6.45) is 0.433. The van der Waals surface area contributed by atoms with Crippen LogP contribution in [-0.2, 0) is 6.54 Å². The minimum absolute atomic E-state index is 0.117. The summed E-state index contributed by atoms with van der Waals surface area (Å²) in [6, 6.07) is 10.7. The summed E-state index contributed by atoms with van der Waals surface area (Å²) in [5, 5.41) is 18.7. The van der Waals surface area contributed by atoms with Gasteiger partial charge in [-0.25, -0.2) is 0 Å². The molecule has 1 N–H and O–H groups in total. The molecule has 11 heteroatoms. The summed E-state index contributed by atoms with van der Waals surface area (Å²) in [7, 11) is 0. The van der Waals surface area contributed by atoms with Gasteiger partial charge in [-0.05, 0) is 35.4 Å². The topological polar surface area (TPSA) is 105 Å². The van der Waals surface area contributed by atoms with Crippen LogP contribution in [0.15, 0.2) is 65.5 Å². The predicted octanol–water partition coefficient (Wildman–Crippen LogP) is 4.55. The molecule has 5 rings (SSSR count). The van der Waals surface area contributed by atoms with Crippen molar-refractivity contribution in [3.63, 3.8) is 0 Å². The van der Waals surface area contributed by atoms with Crippen LogP contribution in [-0.4, -0.2) is 36.1 Å². The lowest BCUT2D eigenvalue weighted by atomic mass is 9.98. The maximum atomic E-state index is 13.5. The SMILES string of the molecule is O=C1c2cc(-c3nnc(C(F)F)o3)ccc2CN1[C@H](c1cnccn1)[C@@H](O)c1cccc(Cl)c1. The summed E-state index contributed by atoms with van der Waals surface area (Å²) in [5.74, 6) is -1.29. The van der Waals surface area contributed by atoms with Gasteiger partial charge in [-0.2, -0.15) is 8.78 Å². The van der Waals surface area contributed by atoms with E-state index < -0.39 is 24.5 Å². The highest BCUT2D eigenvalue weighted by molar-refractivity contribution is 6.30. The van der Waals surface area contributed by atoms with E-state index in [1.54, 1.807) is 36.4 Å². The molecule has 0 fully saturated rings. The number of aromatic nitrogens is 4. The van der Waals surface area contributed by atoms with Gasteiger partial charge in [0.2, 0.25) is 5.89 Å². The molecule has 1 aliphatic rings. The smallest absolute Gasteiger partial charge is 0.314 e. The Morgan fingerprint density at radius 3 is 2.68 bits per heavy atom. The van der Waals surface area contributed by atoms with E-state index in [4.69, 9.17) is 16.0 Å². The van der Waals surface area contributed by atoms with Crippen molar-refractivity contribution in [3.05, 3.63) is 94.4 Å². The lowest BCUT2D eigenvalue weighted by Gasteiger charge is -2.31. The third-order valence-corrected chi connectivity index (χ3v) is 5.76. The van der Waals surface area contributed by atoms with Gasteiger partial charge in [-0.3, -0.25) is 14.8 Å². The van der Waals surface area contributed by atoms with Gasteiger partial charge < -0.3 is 14.4 Å². The van der Waals surface area contributed by atoms with Crippen molar-refractivity contribution in [1.82, 2.24) is 25.1 Å². The number of aliphatic hydroxyl groups excluding tert-OH is 1. The highest BCUT2D eigenvalue weighted by Crippen LogP contribution is 2.39. The molecule has 0 saturated heterocycles. The van der Waals surface area contributed by atoms with Crippen molar-refractivity contribution >= 4 is 17.5 Å². The molecule has 1 amide bonds. The number of halogens is 3. The van der Waals surface area contributed by atoms with E-state index in [1.165, 1.54) is 29.6 Å². The third-order valence-electron chi connectivity index (χ3n) is 5.53. The van der Waals surface area contributed by atoms with E-state index in [2.05, 4.69) is 20.2 Å². The van der Waals surface area contributed by atoms with E-state index >= 15 is 0 Å². The van der Waals surface area contributed by atoms with Crippen molar-refractivity contribution in [2.45, 2.75) is 25.1 Å². The van der Waals surface area contributed by atoms with Crippen LogP contribution in [0, 0.1) is 0 Å². The first-order chi connectivity index (χ1) is 16.4. The van der Waals surface area contributed by atoms with Crippen molar-refractivity contribution in [2.75, 3.05) is 0 Å². The molecule has 0 spiro atoms. The summed E-state index contributed by atoms with van der Waals surface area (Å²) < 4.78 is 30.6. The third kappa shape index (κ3) is 4.02. The number of hydrogen-bond acceptors (Lipinski definition) is 7. The highest BCUT2D eigenvalue weighted by Gasteiger charge is 2.39. The Balaban J connectivity index is 1.51. The number of carbonyl (C=O) groups excluding carboxylic acids is 1. The molecule has 0 bridgehead atoms. The molecule has 4 aromatic rings. The van der Waals surface area contributed by atoms with Crippen LogP contribution in [0.5, 0.6) is 0 Å². The second kappa shape index (κ2) is 8.88. The summed E-state index contributed by atoms with van der Waals surface area (Å²) in [6.45, 7) is 0.194. The number of aliphatic hydroxyl groups is 1. The molecule has 34 heavy (non-hydrogen) atoms. The minimum Gasteiger partial charge on any atom is -0.415 e. The summed E-state index contributed by atoms with van der Waals surface area (Å²) >= 11 is 6.11. The standard InChI is InChI=1S/C23H16ClF2N5O3/c24-15-3-1-2-12(8-15)19(32)18(17-10-27-6-7-28-17)31-11-14-5-4-13(9-16(14)23(31)33)21-29-30-22(34-21)20(25)26/h1-10,18-20,32H,11H2/t18-,19+/m1/s1. The fourth-order valence-electron chi connectivity index (χ4n) is 3.95. The highest BCUT2D eigenvalue weighted by atomic mass is 35.5. The van der Waals surface area contributed by atoms with E-state index in [9.17, 15) is 18.7 Å². The van der Waals surface area contributed by atoms with Gasteiger partial charge >= 0.3 is 6.43 Å². The van der Waals surface area contributed by atoms with E-state index in [0.29, 0.717) is 33.0 Å². The number of nitrogens with zero attached hydrogens (tertiary/aromatic N) is 5. The van der Waals surface area contributed by atoms with Gasteiger partial charge in [0.1, 0.15) is 12.1 Å². The molecular weight excluding hydrogens is 468 g/mol. The van der Waals surface area contributed by atoms with Gasteiger partial charge in [0.05, 0.1) is 11.9 Å². The first-order valence-corrected chi connectivity index (χ1v) is 10.6. The van der Waals surface area contributed by atoms with E-state index in [1.807, 2.05) is 0 Å². The van der Waals surface area contributed by atoms with Crippen LogP contribution >= 0.6 is 11.6 Å². The Hall–Kier alpha value is -3.76. The predicted molar refractivity (Wildman–Crippen MR) is 116 cm³/mol. The number of rotatable bonds is 6. The summed E-state index contributed by atoms with van der Waals surface area (Å²) in [5.41, 5.74) is 2.27. The molecule has 2 aromatic heterocycles. The van der Waals surface area contributed by atoms with Crippen molar-refractivity contribution in [3.8, 4) is 11.5 Å². The molecular formula is C23H16ClF2N5O3. The maximum Gasteiger partial charge on any atom is 0.314 e. The number of amides is 1. The maximum absolute atomic E-state index is 13.5. The first kappa shape index (κ1) is 22.1. The largest absolute Gasteiger partial charge is 0.415 e. The van der Waals surface area contributed by atoms with Gasteiger partial charge in [-0.15, -0.1) is 10.2 Å². The molecule has 0 saturated carbocycles. The van der Waals surface area contributed by atoms with Crippen LogP contribution in [0.3, 0.4) is 0 Å². The summed E-state index contributed by atoms with van der Waals surface area (Å²) in [4.78, 5) is 23.4. The average molecular weight is 484 g/mol. The Morgan fingerprint density at radius 1 is 1.12 bits per heavy atom. The van der Waals surface area contributed by atoms with E-state index in [0.717, 1.165) is 0 Å². The van der Waals surface area contributed by atoms with Gasteiger partial charge in [-0.1, -0.05) is 29.8 Å². The van der Waals surface area contributed by atoms with Crippen LogP contribution in [0.25, 0.3) is 11.5 Å². The zero-order chi connectivity index (χ0) is 23.8. The minimum atomic E-state index is -2.89. The van der Waals surface area contributed by atoms with Crippen molar-refractivity contribution in [2.24, 2.45) is 0 Å². The quantitative estimate of drug-likeness (QED) is 0.429. The molecule has 0 radical (unpaired) electrons. The molecule has 2 atom stereocenters. The Morgan fingerprint density at radius 2 is 1.97 bits per heavy atom. The average Bonchev–Trinajstić information content (AvgIpc) is 3.46. The fourth-order valence-corrected chi connectivity index (χ4v) is 4.15. The molecule has 2 aromatic carbocycles. The fraction of sp³-hybridized carbons (Fsp3) is 0.174. The second-order valence-electron chi connectivity index (χ2n) is 7.63. The lowest BCUT2D eigenvalue weighted by Crippen LogP contribution is -2.34. The van der Waals surface area contributed by atoms with E-state index in [-0.39, 0.29) is 18.3 Å². The lowest BCUT2D eigenvalue weighted by molar-refractivity contribution is 0.0346. The first-order valence-electron chi connectivity index (χ1n) is 10.2. The van der Waals surface area contributed by atoms with Crippen LogP contribution in [0.2, 0.25) is 5.02 Å². The Bertz CT molecular complexity index is 1350. The number of hydrogen-bond donors (Lipinski definition) is 1. The van der Waals surface area contributed by atoms with Crippen molar-refractivity contribution < 1.29 is 23.1 Å². The molecule has 0 unspecified atom stereocenters. The monoisotopic (exact) mass is 483 g/mol. The second-order valence-corrected chi connectivity index (χ2v) is 8.06. The number of alkyl halides is 2. The number of carbonyl (C=O) groups is 1. The molecule has 8 nitrogen and oxygen atoms in total. The Labute approximate surface area is 196 Å². The van der Waals surface area contributed by atoms with Crippen LogP contribution < -0.4 is 0 Å². The number of fused-ring (bicyclic) bond motifs is 1. The van der Waals surface area contributed by atoms with Gasteiger partial charge in [0.25, 0.3) is 11.8 Å². The van der Waals surface area contributed by atoms with Crippen molar-refractivity contribution in [1.29, 1.82) is 0 Å². The van der Waals surface area contributed by atoms with Gasteiger partial charge in [0, 0.05) is 35.1 Å². The van der Waals surface area contributed by atoms with Crippen LogP contribution in [0.1, 0.15) is 51.6 Å². The molecule has 172 valence electrons. The molecule has 3 heterocycles. The zero-order valence-electron chi connectivity index (χ0n) is 17.3. The van der Waals surface area contributed by atoms with Crippen LogP contribution in [0.4, 0.5) is 8.78 Å². The molecule has 0 aliphatic carbocycles. The zero-order valence-corrected chi connectivity index (χ0v) is 18.1. The number of benzene rings is 2.